The van der Waals surface area contributed by atoms with Crippen molar-refractivity contribution in [3.63, 3.8) is 0 Å². The number of halogens is 2. The molecular weight excluding hydrogens is 623 g/mol. The van der Waals surface area contributed by atoms with Gasteiger partial charge in [-0.3, -0.25) is 0 Å². The molecule has 0 radical (unpaired) electrons. The molecule has 4 heteroatoms. The van der Waals surface area contributed by atoms with Gasteiger partial charge in [0, 0.05) is 0 Å². The number of benzene rings is 2. The van der Waals surface area contributed by atoms with E-state index in [4.69, 9.17) is 17.0 Å². The van der Waals surface area contributed by atoms with E-state index in [0.29, 0.717) is 0 Å². The molecule has 0 N–H and O–H groups in total. The molecule has 0 saturated carbocycles. The van der Waals surface area contributed by atoms with Crippen LogP contribution in [0.15, 0.2) is 35.4 Å². The fraction of sp³-hybridized carbons (Fsp3) is 0.556. The minimum absolute atomic E-state index is 0.186. The molecule has 4 rings (SSSR count). The third kappa shape index (κ3) is 5.75. The van der Waals surface area contributed by atoms with Gasteiger partial charge in [-0.25, -0.2) is 0 Å². The molecule has 2 aliphatic rings. The summed E-state index contributed by atoms with van der Waals surface area (Å²) in [7, 11) is 16.9. The van der Waals surface area contributed by atoms with Crippen LogP contribution in [0.5, 0.6) is 0 Å². The second-order valence-electron chi connectivity index (χ2n) is 13.2. The Morgan fingerprint density at radius 1 is 0.625 bits per heavy atom. The van der Waals surface area contributed by atoms with Crippen molar-refractivity contribution in [2.75, 3.05) is 0 Å². The van der Waals surface area contributed by atoms with Gasteiger partial charge in [-0.1, -0.05) is 0 Å². The van der Waals surface area contributed by atoms with Gasteiger partial charge in [0.2, 0.25) is 0 Å². The van der Waals surface area contributed by atoms with Crippen LogP contribution >= 0.6 is 17.0 Å². The Balaban J connectivity index is 1.86. The quantitative estimate of drug-likeness (QED) is 0.155. The summed E-state index contributed by atoms with van der Waals surface area (Å²) in [5, 5.41) is 0. The average molecular weight is 675 g/mol. The van der Waals surface area contributed by atoms with Crippen molar-refractivity contribution in [2.45, 2.75) is 126 Å². The van der Waals surface area contributed by atoms with Gasteiger partial charge >= 0.3 is 256 Å². The molecule has 2 aromatic rings. The topological polar surface area (TPSA) is 0 Å². The number of aryl methyl sites for hydroxylation is 4. The monoisotopic (exact) mass is 672 g/mol. The molecule has 2 aromatic carbocycles. The predicted molar refractivity (Wildman–Crippen MR) is 180 cm³/mol. The summed E-state index contributed by atoms with van der Waals surface area (Å²) < 4.78 is 0.373. The molecule has 2 atom stereocenters. The summed E-state index contributed by atoms with van der Waals surface area (Å²) in [6.45, 7) is 18.7. The number of rotatable bonds is 12. The normalized spacial score (nSPS) is 18.5. The fourth-order valence-electron chi connectivity index (χ4n) is 7.79. The van der Waals surface area contributed by atoms with E-state index in [2.05, 4.69) is 91.1 Å². The van der Waals surface area contributed by atoms with Crippen molar-refractivity contribution >= 4 is 34.6 Å². The van der Waals surface area contributed by atoms with Gasteiger partial charge in [-0.2, -0.15) is 0 Å². The molecule has 0 heterocycles. The summed E-state index contributed by atoms with van der Waals surface area (Å²) >= 11 is -4.63. The van der Waals surface area contributed by atoms with Crippen molar-refractivity contribution < 1.29 is 15.0 Å². The Kier molecular flexibility index (Phi) is 10.6. The Morgan fingerprint density at radius 2 is 1.02 bits per heavy atom. The first-order valence-electron chi connectivity index (χ1n) is 16.0. The van der Waals surface area contributed by atoms with Crippen LogP contribution in [0.25, 0.3) is 12.2 Å². The molecule has 0 amide bonds. The minimum atomic E-state index is -4.63. The molecular formula is C36H52Cl2SiZr. The second kappa shape index (κ2) is 13.1. The van der Waals surface area contributed by atoms with Crippen molar-refractivity contribution in [1.82, 2.24) is 0 Å². The molecule has 218 valence electrons. The molecule has 2 unspecified atom stereocenters. The summed E-state index contributed by atoms with van der Waals surface area (Å²) in [6.07, 6.45) is 17.6. The van der Waals surface area contributed by atoms with E-state index in [9.17, 15) is 0 Å². The van der Waals surface area contributed by atoms with Gasteiger partial charge < -0.3 is 0 Å². The van der Waals surface area contributed by atoms with Crippen LogP contribution in [0.3, 0.4) is 0 Å². The van der Waals surface area contributed by atoms with Gasteiger partial charge in [-0.15, -0.1) is 0 Å². The van der Waals surface area contributed by atoms with Gasteiger partial charge in [0.1, 0.15) is 0 Å². The summed E-state index contributed by atoms with van der Waals surface area (Å²) in [5.74, 6) is 0. The van der Waals surface area contributed by atoms with Crippen molar-refractivity contribution in [3.8, 4) is 0 Å². The van der Waals surface area contributed by atoms with Gasteiger partial charge in [0.25, 0.3) is 0 Å². The zero-order chi connectivity index (χ0) is 29.3. The molecule has 0 nitrogen and oxygen atoms in total. The van der Waals surface area contributed by atoms with E-state index in [-0.39, 0.29) is 7.25 Å². The molecule has 40 heavy (non-hydrogen) atoms. The van der Waals surface area contributed by atoms with Gasteiger partial charge in [0.05, 0.1) is 0 Å². The van der Waals surface area contributed by atoms with Crippen molar-refractivity contribution in [1.29, 1.82) is 0 Å². The standard InChI is InChI=1S/2C17H23.C2H6Si.2ClH.Zr/c2*1-4-5-6-7-8-15-10-9-14(3)16-11-13(2)12-17(15)16;1-3-2;;;/h2*9-12H,4-8H2,1-3H3;1-2H3;2*1H;/q;;;;;+2/p-2. The number of allylic oxidation sites excluding steroid dienone is 2. The van der Waals surface area contributed by atoms with Gasteiger partial charge in [-0.05, 0) is 0 Å². The van der Waals surface area contributed by atoms with Crippen LogP contribution in [-0.2, 0) is 27.9 Å². The first-order valence-corrected chi connectivity index (χ1v) is 31.3. The maximum atomic E-state index is 8.47. The zero-order valence-electron chi connectivity index (χ0n) is 26.4. The fourth-order valence-corrected chi connectivity index (χ4v) is 38.3. The number of fused-ring (bicyclic) bond motifs is 2. The van der Waals surface area contributed by atoms with E-state index < -0.39 is 20.4 Å². The van der Waals surface area contributed by atoms with E-state index in [1.165, 1.54) is 107 Å². The maximum absolute atomic E-state index is 8.47. The van der Waals surface area contributed by atoms with Gasteiger partial charge in [0.15, 0.2) is 0 Å². The van der Waals surface area contributed by atoms with E-state index in [1.54, 1.807) is 0 Å². The first-order chi connectivity index (χ1) is 19.0. The zero-order valence-corrected chi connectivity index (χ0v) is 31.4. The molecule has 0 bridgehead atoms. The van der Waals surface area contributed by atoms with E-state index in [0.717, 1.165) is 12.8 Å². The molecule has 0 fully saturated rings. The van der Waals surface area contributed by atoms with E-state index in [1.807, 2.05) is 0 Å². The number of hydrogen-bond acceptors (Lipinski definition) is 0. The van der Waals surface area contributed by atoms with E-state index >= 15 is 0 Å². The molecule has 0 aromatic heterocycles. The third-order valence-corrected chi connectivity index (χ3v) is 56.9. The van der Waals surface area contributed by atoms with Crippen molar-refractivity contribution in [2.24, 2.45) is 0 Å². The summed E-state index contributed by atoms with van der Waals surface area (Å²) in [5.41, 5.74) is 13.4. The number of unbranched alkanes of at least 4 members (excludes halogenated alkanes) is 6. The summed E-state index contributed by atoms with van der Waals surface area (Å²) in [4.78, 5) is 0. The van der Waals surface area contributed by atoms with Crippen LogP contribution in [-0.4, -0.2) is 5.43 Å². The second-order valence-corrected chi connectivity index (χ2v) is 51.9. The molecule has 0 aliphatic heterocycles. The molecule has 0 spiro atoms. The first kappa shape index (κ1) is 32.5. The molecule has 2 aliphatic carbocycles. The van der Waals surface area contributed by atoms with Crippen molar-refractivity contribution in [3.05, 3.63) is 79.9 Å². The number of hydrogen-bond donors (Lipinski definition) is 0. The van der Waals surface area contributed by atoms with Crippen LogP contribution in [0.4, 0.5) is 0 Å². The molecule has 0 saturated heterocycles. The summed E-state index contributed by atoms with van der Waals surface area (Å²) in [6, 6.07) is 9.49. The average Bonchev–Trinajstić information content (AvgIpc) is 3.46. The SMILES string of the molecule is CCCCCCc1ccc(C)c2c1C=C(C)[CH]2[Zr]([Cl])([Cl])([CH]1C(C)=Cc2c(CCCCCC)ccc(C)c21)=[Si](C)C. The van der Waals surface area contributed by atoms with Crippen LogP contribution < -0.4 is 0 Å². The van der Waals surface area contributed by atoms with Crippen LogP contribution in [0.2, 0.25) is 13.1 Å². The predicted octanol–water partition coefficient (Wildman–Crippen LogP) is 12.4. The third-order valence-electron chi connectivity index (χ3n) is 10.0. The Labute approximate surface area is 253 Å². The Hall–Kier alpha value is -0.400. The Morgan fingerprint density at radius 3 is 1.38 bits per heavy atom. The van der Waals surface area contributed by atoms with Crippen LogP contribution in [0, 0.1) is 13.8 Å². The van der Waals surface area contributed by atoms with Crippen LogP contribution in [0.1, 0.15) is 131 Å². The Bertz CT molecular complexity index is 1300.